The molecule has 2 bridgehead atoms. The van der Waals surface area contributed by atoms with Crippen molar-refractivity contribution in [3.63, 3.8) is 0 Å². The zero-order chi connectivity index (χ0) is 11.8. The van der Waals surface area contributed by atoms with Gasteiger partial charge in [-0.15, -0.1) is 0 Å². The topological polar surface area (TPSA) is 0 Å². The van der Waals surface area contributed by atoms with E-state index in [1.54, 1.807) is 0 Å². The van der Waals surface area contributed by atoms with E-state index in [4.69, 9.17) is 0 Å². The molecule has 2 aliphatic carbocycles. The summed E-state index contributed by atoms with van der Waals surface area (Å²) in [5.41, 5.74) is 1.32. The molecule has 0 spiro atoms. The van der Waals surface area contributed by atoms with Crippen molar-refractivity contribution in [1.82, 2.24) is 0 Å². The number of hydrogen-bond donors (Lipinski definition) is 0. The van der Waals surface area contributed by atoms with Gasteiger partial charge in [-0.2, -0.15) is 0 Å². The van der Waals surface area contributed by atoms with Crippen molar-refractivity contribution in [1.29, 1.82) is 0 Å². The van der Waals surface area contributed by atoms with Crippen LogP contribution in [0.25, 0.3) is 0 Å². The van der Waals surface area contributed by atoms with E-state index in [2.05, 4.69) is 27.7 Å². The molecule has 0 aromatic carbocycles. The van der Waals surface area contributed by atoms with Crippen LogP contribution >= 0.6 is 0 Å². The molecule has 0 nitrogen and oxygen atoms in total. The maximum atomic E-state index is 2.56. The smallest absolute Gasteiger partial charge is 0.0315 e. The summed E-state index contributed by atoms with van der Waals surface area (Å²) in [4.78, 5) is 0. The van der Waals surface area contributed by atoms with Gasteiger partial charge in [-0.05, 0) is 48.3 Å². The first-order valence-electron chi connectivity index (χ1n) is 7.44. The Morgan fingerprint density at radius 3 is 2.44 bits per heavy atom. The summed E-state index contributed by atoms with van der Waals surface area (Å²) in [5.74, 6) is 2.13. The van der Waals surface area contributed by atoms with E-state index in [0.29, 0.717) is 10.8 Å². The summed E-state index contributed by atoms with van der Waals surface area (Å²) in [7, 11) is 0. The summed E-state index contributed by atoms with van der Waals surface area (Å²) >= 11 is 0. The predicted molar refractivity (Wildman–Crippen MR) is 71.5 cm³/mol. The normalized spacial score (nSPS) is 41.2. The number of rotatable bonds is 4. The summed E-state index contributed by atoms with van der Waals surface area (Å²) in [5, 5.41) is 0. The monoisotopic (exact) mass is 222 g/mol. The Hall–Kier alpha value is 0. The zero-order valence-corrected chi connectivity index (χ0v) is 11.8. The minimum Gasteiger partial charge on any atom is -0.0654 e. The Morgan fingerprint density at radius 1 is 1.00 bits per heavy atom. The van der Waals surface area contributed by atoms with Crippen LogP contribution in [-0.4, -0.2) is 0 Å². The molecule has 0 aromatic rings. The Kier molecular flexibility index (Phi) is 3.39. The van der Waals surface area contributed by atoms with Gasteiger partial charge in [0.1, 0.15) is 0 Å². The van der Waals surface area contributed by atoms with Crippen molar-refractivity contribution in [2.45, 2.75) is 79.1 Å². The van der Waals surface area contributed by atoms with Gasteiger partial charge in [-0.3, -0.25) is 0 Å². The summed E-state index contributed by atoms with van der Waals surface area (Å²) in [6, 6.07) is 0. The quantitative estimate of drug-likeness (QED) is 0.557. The van der Waals surface area contributed by atoms with Crippen LogP contribution in [0.4, 0.5) is 0 Å². The van der Waals surface area contributed by atoms with Gasteiger partial charge in [0.2, 0.25) is 0 Å². The van der Waals surface area contributed by atoms with Crippen molar-refractivity contribution >= 4 is 0 Å². The van der Waals surface area contributed by atoms with E-state index in [-0.39, 0.29) is 0 Å². The minimum absolute atomic E-state index is 0.622. The maximum Gasteiger partial charge on any atom is -0.0315 e. The third kappa shape index (κ3) is 2.63. The van der Waals surface area contributed by atoms with Gasteiger partial charge in [0.25, 0.3) is 0 Å². The van der Waals surface area contributed by atoms with Crippen molar-refractivity contribution in [2.75, 3.05) is 0 Å². The van der Waals surface area contributed by atoms with Gasteiger partial charge < -0.3 is 0 Å². The van der Waals surface area contributed by atoms with E-state index in [0.717, 1.165) is 11.8 Å². The molecule has 3 atom stereocenters. The van der Waals surface area contributed by atoms with E-state index in [9.17, 15) is 0 Å². The molecule has 3 unspecified atom stereocenters. The Morgan fingerprint density at radius 2 is 1.75 bits per heavy atom. The standard InChI is InChI=1S/C16H30/c1-5-6-7-8-13-10-16(4)11-14(13)9-15(2,3)12-16/h13-14H,5-12H2,1-4H3. The van der Waals surface area contributed by atoms with Crippen LogP contribution in [0.15, 0.2) is 0 Å². The molecule has 0 amide bonds. The third-order valence-corrected chi connectivity index (χ3v) is 5.08. The third-order valence-electron chi connectivity index (χ3n) is 5.08. The van der Waals surface area contributed by atoms with Crippen LogP contribution in [-0.2, 0) is 0 Å². The lowest BCUT2D eigenvalue weighted by Crippen LogP contribution is -2.29. The van der Waals surface area contributed by atoms with Crippen molar-refractivity contribution < 1.29 is 0 Å². The van der Waals surface area contributed by atoms with Crippen LogP contribution < -0.4 is 0 Å². The van der Waals surface area contributed by atoms with Gasteiger partial charge >= 0.3 is 0 Å². The van der Waals surface area contributed by atoms with Crippen molar-refractivity contribution in [3.8, 4) is 0 Å². The highest BCUT2D eigenvalue weighted by Crippen LogP contribution is 2.60. The highest BCUT2D eigenvalue weighted by atomic mass is 14.5. The molecule has 2 saturated carbocycles. The van der Waals surface area contributed by atoms with Crippen LogP contribution in [0, 0.1) is 22.7 Å². The molecule has 0 radical (unpaired) electrons. The van der Waals surface area contributed by atoms with Crippen LogP contribution in [0.5, 0.6) is 0 Å². The fraction of sp³-hybridized carbons (Fsp3) is 1.00. The van der Waals surface area contributed by atoms with E-state index in [1.807, 2.05) is 0 Å². The lowest BCUT2D eigenvalue weighted by atomic mass is 9.65. The summed E-state index contributed by atoms with van der Waals surface area (Å²) in [6.07, 6.45) is 11.9. The van der Waals surface area contributed by atoms with Gasteiger partial charge in [-0.25, -0.2) is 0 Å². The predicted octanol–water partition coefficient (Wildman–Crippen LogP) is 5.42. The number of fused-ring (bicyclic) bond motifs is 2. The Balaban J connectivity index is 1.94. The fourth-order valence-electron chi connectivity index (χ4n) is 5.00. The molecular formula is C16H30. The Labute approximate surface area is 102 Å². The zero-order valence-electron chi connectivity index (χ0n) is 11.8. The number of hydrogen-bond acceptors (Lipinski definition) is 0. The molecule has 2 aliphatic rings. The lowest BCUT2D eigenvalue weighted by Gasteiger charge is -2.40. The second-order valence-electron chi connectivity index (χ2n) is 7.78. The second-order valence-corrected chi connectivity index (χ2v) is 7.78. The summed E-state index contributed by atoms with van der Waals surface area (Å²) in [6.45, 7) is 9.86. The molecule has 0 heterocycles. The first kappa shape index (κ1) is 12.5. The maximum absolute atomic E-state index is 2.56. The molecule has 94 valence electrons. The molecular weight excluding hydrogens is 192 g/mol. The van der Waals surface area contributed by atoms with Gasteiger partial charge in [0.15, 0.2) is 0 Å². The highest BCUT2D eigenvalue weighted by molar-refractivity contribution is 5.00. The average Bonchev–Trinajstić information content (AvgIpc) is 2.35. The van der Waals surface area contributed by atoms with Crippen molar-refractivity contribution in [3.05, 3.63) is 0 Å². The molecule has 0 heteroatoms. The minimum atomic E-state index is 0.622. The summed E-state index contributed by atoms with van der Waals surface area (Å²) < 4.78 is 0. The van der Waals surface area contributed by atoms with Crippen LogP contribution in [0.1, 0.15) is 79.1 Å². The molecule has 0 saturated heterocycles. The van der Waals surface area contributed by atoms with Gasteiger partial charge in [-0.1, -0.05) is 53.4 Å². The largest absolute Gasteiger partial charge is 0.0654 e. The van der Waals surface area contributed by atoms with E-state index in [1.165, 1.54) is 51.4 Å². The molecule has 0 aliphatic heterocycles. The Bertz CT molecular complexity index is 240. The van der Waals surface area contributed by atoms with Gasteiger partial charge in [0, 0.05) is 0 Å². The van der Waals surface area contributed by atoms with E-state index >= 15 is 0 Å². The average molecular weight is 222 g/mol. The first-order chi connectivity index (χ1) is 7.44. The van der Waals surface area contributed by atoms with Crippen LogP contribution in [0.2, 0.25) is 0 Å². The molecule has 16 heavy (non-hydrogen) atoms. The fourth-order valence-corrected chi connectivity index (χ4v) is 5.00. The van der Waals surface area contributed by atoms with Crippen LogP contribution in [0.3, 0.4) is 0 Å². The van der Waals surface area contributed by atoms with E-state index < -0.39 is 0 Å². The molecule has 2 fully saturated rings. The SMILES string of the molecule is CCCCCC1CC2(C)CC1CC(C)(C)C2. The first-order valence-corrected chi connectivity index (χ1v) is 7.44. The van der Waals surface area contributed by atoms with Gasteiger partial charge in [0.05, 0.1) is 0 Å². The highest BCUT2D eigenvalue weighted by Gasteiger charge is 2.49. The molecule has 2 rings (SSSR count). The molecule has 0 N–H and O–H groups in total. The second kappa shape index (κ2) is 4.35. The number of unbranched alkanes of at least 4 members (excludes halogenated alkanes) is 2. The lowest BCUT2D eigenvalue weighted by molar-refractivity contribution is 0.104. The molecule has 0 aromatic heterocycles. The van der Waals surface area contributed by atoms with Crippen molar-refractivity contribution in [2.24, 2.45) is 22.7 Å².